The Morgan fingerprint density at radius 2 is 1.71 bits per heavy atom. The second-order valence-corrected chi connectivity index (χ2v) is 5.33. The van der Waals surface area contributed by atoms with Crippen LogP contribution in [0.5, 0.6) is 17.2 Å². The van der Waals surface area contributed by atoms with Crippen LogP contribution in [0, 0.1) is 12.5 Å². The van der Waals surface area contributed by atoms with Gasteiger partial charge < -0.3 is 14.2 Å². The average molecular weight is 339 g/mol. The Morgan fingerprint density at radius 1 is 1.08 bits per heavy atom. The number of carbonyl (C=O) groups is 1. The van der Waals surface area contributed by atoms with Gasteiger partial charge in [0.15, 0.2) is 11.5 Å². The lowest BCUT2D eigenvalue weighted by Crippen LogP contribution is -2.10. The molecule has 1 aromatic carbocycles. The predicted molar refractivity (Wildman–Crippen MR) is 90.2 cm³/mol. The van der Waals surface area contributed by atoms with Crippen LogP contribution in [0.25, 0.3) is 0 Å². The number of benzene rings is 1. The zero-order valence-corrected chi connectivity index (χ0v) is 15.1. The molecule has 0 aromatic heterocycles. The molecule has 0 fully saturated rings. The topological polar surface area (TPSA) is 63.2 Å². The summed E-state index contributed by atoms with van der Waals surface area (Å²) in [6, 6.07) is 3.03. The van der Waals surface area contributed by atoms with Crippen molar-refractivity contribution in [1.29, 1.82) is 0 Å². The molecule has 0 amide bonds. The van der Waals surface area contributed by atoms with Crippen molar-refractivity contribution < 1.29 is 28.8 Å². The van der Waals surface area contributed by atoms with E-state index in [1.807, 2.05) is 0 Å². The largest absolute Gasteiger partial charge is 0.493 e. The van der Waals surface area contributed by atoms with Gasteiger partial charge in [0.1, 0.15) is 6.61 Å². The zero-order chi connectivity index (χ0) is 17.9. The Bertz CT molecular complexity index is 489. The molecule has 0 aliphatic rings. The van der Waals surface area contributed by atoms with Crippen LogP contribution >= 0.6 is 0 Å². The Hall–Kier alpha value is -1.95. The number of hydrogen-bond acceptors (Lipinski definition) is 6. The number of methoxy groups -OCH3 is 3. The van der Waals surface area contributed by atoms with Gasteiger partial charge in [-0.05, 0) is 24.5 Å². The molecule has 135 valence electrons. The van der Waals surface area contributed by atoms with Crippen LogP contribution in [0.3, 0.4) is 0 Å². The van der Waals surface area contributed by atoms with E-state index >= 15 is 0 Å². The van der Waals surface area contributed by atoms with Gasteiger partial charge in [-0.25, -0.2) is 4.79 Å². The van der Waals surface area contributed by atoms with E-state index in [4.69, 9.17) is 24.0 Å². The van der Waals surface area contributed by atoms with Crippen molar-refractivity contribution in [2.24, 2.45) is 5.92 Å². The highest BCUT2D eigenvalue weighted by Gasteiger charge is 2.19. The van der Waals surface area contributed by atoms with Crippen molar-refractivity contribution in [3.05, 3.63) is 24.3 Å². The molecule has 1 rings (SSSR count). The number of rotatable bonds is 11. The molecule has 6 nitrogen and oxygen atoms in total. The number of unbranched alkanes of at least 4 members (excludes halogenated alkanes) is 1. The summed E-state index contributed by atoms with van der Waals surface area (Å²) in [5, 5.41) is 0. The highest BCUT2D eigenvalue weighted by molar-refractivity contribution is 5.90. The molecule has 1 aromatic rings. The summed E-state index contributed by atoms with van der Waals surface area (Å²) in [6.07, 6.45) is 4.17. The summed E-state index contributed by atoms with van der Waals surface area (Å²) >= 11 is 0. The average Bonchev–Trinajstić information content (AvgIpc) is 2.62. The lowest BCUT2D eigenvalue weighted by molar-refractivity contribution is -0.219. The SMILES string of the molecule is CCCCC([CH]OOC(=O)c1cc(OC)c(OC)c(OC)c1)CC. The van der Waals surface area contributed by atoms with E-state index in [1.165, 1.54) is 33.5 Å². The van der Waals surface area contributed by atoms with Crippen molar-refractivity contribution in [1.82, 2.24) is 0 Å². The van der Waals surface area contributed by atoms with E-state index < -0.39 is 5.97 Å². The standard InChI is InChI=1S/C18H27O6/c1-6-8-9-13(7-2)12-23-24-18(19)14-10-15(20-3)17(22-5)16(11-14)21-4/h10-13H,6-9H2,1-5H3. The molecule has 6 heteroatoms. The molecule has 0 heterocycles. The Balaban J connectivity index is 2.70. The molecule has 0 saturated heterocycles. The Labute approximate surface area is 143 Å². The van der Waals surface area contributed by atoms with Crippen LogP contribution in [0.4, 0.5) is 0 Å². The lowest BCUT2D eigenvalue weighted by Gasteiger charge is -2.14. The molecular weight excluding hydrogens is 312 g/mol. The number of ether oxygens (including phenoxy) is 3. The van der Waals surface area contributed by atoms with Crippen LogP contribution in [0.2, 0.25) is 0 Å². The Kier molecular flexibility index (Phi) is 9.01. The van der Waals surface area contributed by atoms with Crippen molar-refractivity contribution in [2.75, 3.05) is 21.3 Å². The summed E-state index contributed by atoms with van der Waals surface area (Å²) in [6.45, 7) is 5.78. The van der Waals surface area contributed by atoms with Crippen molar-refractivity contribution >= 4 is 5.97 Å². The summed E-state index contributed by atoms with van der Waals surface area (Å²) in [5.74, 6) is 0.799. The quantitative estimate of drug-likeness (QED) is 0.445. The summed E-state index contributed by atoms with van der Waals surface area (Å²) in [7, 11) is 4.46. The maximum absolute atomic E-state index is 12.1. The Morgan fingerprint density at radius 3 is 2.17 bits per heavy atom. The minimum Gasteiger partial charge on any atom is -0.493 e. The van der Waals surface area contributed by atoms with Gasteiger partial charge in [-0.1, -0.05) is 33.1 Å². The molecule has 0 aliphatic carbocycles. The van der Waals surface area contributed by atoms with Crippen LogP contribution in [0.15, 0.2) is 12.1 Å². The molecule has 0 aliphatic heterocycles. The first-order chi connectivity index (χ1) is 11.6. The second kappa shape index (κ2) is 10.8. The molecule has 0 N–H and O–H groups in total. The normalized spacial score (nSPS) is 11.7. The van der Waals surface area contributed by atoms with Crippen LogP contribution in [-0.2, 0) is 9.78 Å². The van der Waals surface area contributed by atoms with E-state index in [0.29, 0.717) is 17.2 Å². The third-order valence-electron chi connectivity index (χ3n) is 3.73. The first kappa shape index (κ1) is 20.1. The fraction of sp³-hybridized carbons (Fsp3) is 0.556. The van der Waals surface area contributed by atoms with Crippen LogP contribution in [0.1, 0.15) is 49.9 Å². The maximum Gasteiger partial charge on any atom is 0.373 e. The van der Waals surface area contributed by atoms with E-state index in [9.17, 15) is 4.79 Å². The fourth-order valence-electron chi connectivity index (χ4n) is 2.23. The maximum atomic E-state index is 12.1. The highest BCUT2D eigenvalue weighted by atomic mass is 17.2. The third-order valence-corrected chi connectivity index (χ3v) is 3.73. The molecular formula is C18H27O6. The molecule has 1 radical (unpaired) electrons. The predicted octanol–water partition coefficient (Wildman–Crippen LogP) is 4.18. The van der Waals surface area contributed by atoms with Crippen molar-refractivity contribution in [3.8, 4) is 17.2 Å². The molecule has 24 heavy (non-hydrogen) atoms. The summed E-state index contributed by atoms with van der Waals surface area (Å²) in [4.78, 5) is 22.0. The van der Waals surface area contributed by atoms with E-state index in [-0.39, 0.29) is 11.5 Å². The van der Waals surface area contributed by atoms with E-state index in [2.05, 4.69) is 13.8 Å². The van der Waals surface area contributed by atoms with Gasteiger partial charge in [-0.15, -0.1) is 0 Å². The summed E-state index contributed by atoms with van der Waals surface area (Å²) in [5.41, 5.74) is 0.250. The molecule has 1 atom stereocenters. The van der Waals surface area contributed by atoms with Gasteiger partial charge in [0, 0.05) is 0 Å². The minimum atomic E-state index is -0.629. The van der Waals surface area contributed by atoms with Gasteiger partial charge in [-0.2, -0.15) is 4.89 Å². The monoisotopic (exact) mass is 339 g/mol. The second-order valence-electron chi connectivity index (χ2n) is 5.33. The molecule has 1 unspecified atom stereocenters. The smallest absolute Gasteiger partial charge is 0.373 e. The molecule has 0 saturated carbocycles. The van der Waals surface area contributed by atoms with Gasteiger partial charge in [0.25, 0.3) is 0 Å². The van der Waals surface area contributed by atoms with Gasteiger partial charge in [0.05, 0.1) is 26.9 Å². The summed E-state index contributed by atoms with van der Waals surface area (Å²) < 4.78 is 15.6. The van der Waals surface area contributed by atoms with Crippen LogP contribution < -0.4 is 14.2 Å². The van der Waals surface area contributed by atoms with Crippen molar-refractivity contribution in [3.63, 3.8) is 0 Å². The third kappa shape index (κ3) is 5.60. The van der Waals surface area contributed by atoms with E-state index in [0.717, 1.165) is 25.7 Å². The van der Waals surface area contributed by atoms with Crippen molar-refractivity contribution in [2.45, 2.75) is 39.5 Å². The van der Waals surface area contributed by atoms with E-state index in [1.54, 1.807) is 6.61 Å². The minimum absolute atomic E-state index is 0.250. The van der Waals surface area contributed by atoms with Crippen LogP contribution in [-0.4, -0.2) is 27.3 Å². The molecule has 0 spiro atoms. The van der Waals surface area contributed by atoms with Gasteiger partial charge in [0.2, 0.25) is 5.75 Å². The zero-order valence-electron chi connectivity index (χ0n) is 15.1. The van der Waals surface area contributed by atoms with Gasteiger partial charge >= 0.3 is 5.97 Å². The lowest BCUT2D eigenvalue weighted by atomic mass is 10.0. The van der Waals surface area contributed by atoms with Gasteiger partial charge in [-0.3, -0.25) is 4.89 Å². The first-order valence-electron chi connectivity index (χ1n) is 8.12. The first-order valence-corrected chi connectivity index (χ1v) is 8.12. The fourth-order valence-corrected chi connectivity index (χ4v) is 2.23. The molecule has 0 bridgehead atoms. The highest BCUT2D eigenvalue weighted by Crippen LogP contribution is 2.38. The number of hydrogen-bond donors (Lipinski definition) is 0. The number of carbonyl (C=O) groups excluding carboxylic acids is 1.